The topological polar surface area (TPSA) is 307 Å². The summed E-state index contributed by atoms with van der Waals surface area (Å²) < 4.78 is 34.5. The van der Waals surface area contributed by atoms with Crippen LogP contribution in [0.25, 0.3) is 0 Å². The molecular weight excluding hydrogens is 1250 g/mol. The van der Waals surface area contributed by atoms with Gasteiger partial charge in [0.2, 0.25) is 5.91 Å². The summed E-state index contributed by atoms with van der Waals surface area (Å²) in [5, 5.41) is 121. The number of amides is 1. The van der Waals surface area contributed by atoms with E-state index < -0.39 is 124 Å². The molecule has 578 valence electrons. The Bertz CT molecular complexity index is 1870. The number of hydrogen-bond acceptors (Lipinski definition) is 18. The van der Waals surface area contributed by atoms with E-state index in [-0.39, 0.29) is 18.9 Å². The summed E-state index contributed by atoms with van der Waals surface area (Å²) in [5.74, 6) is -0.235. The zero-order valence-electron chi connectivity index (χ0n) is 61.8. The second-order valence-corrected chi connectivity index (χ2v) is 29.2. The highest BCUT2D eigenvalue weighted by molar-refractivity contribution is 5.76. The van der Waals surface area contributed by atoms with Crippen molar-refractivity contribution in [2.75, 3.05) is 26.4 Å². The van der Waals surface area contributed by atoms with Gasteiger partial charge in [-0.3, -0.25) is 4.79 Å². The Labute approximate surface area is 594 Å². The molecule has 3 fully saturated rings. The van der Waals surface area contributed by atoms with Crippen molar-refractivity contribution in [2.24, 2.45) is 0 Å². The van der Waals surface area contributed by atoms with Gasteiger partial charge in [0.1, 0.15) is 73.2 Å². The van der Waals surface area contributed by atoms with Crippen molar-refractivity contribution in [1.82, 2.24) is 5.32 Å². The number of carbonyl (C=O) groups is 1. The molecule has 0 bridgehead atoms. The molecular formula is C79H149NO18. The molecule has 17 atom stereocenters. The molecule has 12 N–H and O–H groups in total. The molecule has 0 aromatic carbocycles. The average molecular weight is 1400 g/mol. The molecule has 0 aromatic heterocycles. The number of aliphatic hydroxyl groups is 11. The van der Waals surface area contributed by atoms with Crippen LogP contribution in [0.3, 0.4) is 0 Å². The average Bonchev–Trinajstić information content (AvgIpc) is 0.785. The zero-order chi connectivity index (χ0) is 71.1. The number of unbranched alkanes of at least 4 members (excludes halogenated alkanes) is 45. The SMILES string of the molecule is CCCCCCC/C=C\C/C=C\CCCCCCCCCCCCCCCCCCCCCCCCCC(=O)NC(COC1OC(CO)C(OC2OC(CO)C(OC3OC(CO)C(O)C(O)C3O)C(O)C2O)C(O)C1O)C(O)CCCCCCCCCCCCCCCCCCCC. The quantitative estimate of drug-likeness (QED) is 0.0199. The molecule has 0 aliphatic carbocycles. The van der Waals surface area contributed by atoms with Crippen molar-refractivity contribution in [2.45, 2.75) is 446 Å². The predicted molar refractivity (Wildman–Crippen MR) is 388 cm³/mol. The fraction of sp³-hybridized carbons (Fsp3) is 0.937. The molecule has 0 aromatic rings. The van der Waals surface area contributed by atoms with Crippen molar-refractivity contribution >= 4 is 5.91 Å². The van der Waals surface area contributed by atoms with E-state index in [1.807, 2.05) is 0 Å². The first-order valence-electron chi connectivity index (χ1n) is 40.6. The highest BCUT2D eigenvalue weighted by Crippen LogP contribution is 2.33. The molecule has 17 unspecified atom stereocenters. The van der Waals surface area contributed by atoms with Crippen molar-refractivity contribution < 1.29 is 89.4 Å². The zero-order valence-corrected chi connectivity index (χ0v) is 61.8. The highest BCUT2D eigenvalue weighted by Gasteiger charge is 2.54. The van der Waals surface area contributed by atoms with Crippen LogP contribution in [-0.2, 0) is 33.2 Å². The summed E-state index contributed by atoms with van der Waals surface area (Å²) in [5.41, 5.74) is 0. The molecule has 0 saturated carbocycles. The van der Waals surface area contributed by atoms with E-state index in [1.165, 1.54) is 257 Å². The number of carbonyl (C=O) groups excluding carboxylic acids is 1. The fourth-order valence-corrected chi connectivity index (χ4v) is 14.0. The predicted octanol–water partition coefficient (Wildman–Crippen LogP) is 13.3. The van der Waals surface area contributed by atoms with E-state index >= 15 is 0 Å². The normalized spacial score (nSPS) is 26.8. The van der Waals surface area contributed by atoms with Gasteiger partial charge < -0.3 is 89.9 Å². The van der Waals surface area contributed by atoms with Crippen molar-refractivity contribution in [3.8, 4) is 0 Å². The van der Waals surface area contributed by atoms with Gasteiger partial charge in [-0.2, -0.15) is 0 Å². The second-order valence-electron chi connectivity index (χ2n) is 29.2. The fourth-order valence-electron chi connectivity index (χ4n) is 14.0. The molecule has 98 heavy (non-hydrogen) atoms. The van der Waals surface area contributed by atoms with Gasteiger partial charge in [0, 0.05) is 6.42 Å². The van der Waals surface area contributed by atoms with Crippen LogP contribution < -0.4 is 5.32 Å². The minimum absolute atomic E-state index is 0.235. The van der Waals surface area contributed by atoms with Crippen molar-refractivity contribution in [3.05, 3.63) is 24.3 Å². The first-order chi connectivity index (χ1) is 47.8. The molecule has 0 spiro atoms. The minimum atomic E-state index is -1.97. The minimum Gasteiger partial charge on any atom is -0.394 e. The van der Waals surface area contributed by atoms with E-state index in [4.69, 9.17) is 28.4 Å². The molecule has 3 rings (SSSR count). The Morgan fingerprint density at radius 1 is 0.367 bits per heavy atom. The van der Waals surface area contributed by atoms with Gasteiger partial charge >= 0.3 is 0 Å². The first kappa shape index (κ1) is 90.5. The van der Waals surface area contributed by atoms with Crippen molar-refractivity contribution in [1.29, 1.82) is 0 Å². The molecule has 3 aliphatic rings. The summed E-state index contributed by atoms with van der Waals surface area (Å²) in [6.07, 6.45) is 45.6. The van der Waals surface area contributed by atoms with Crippen LogP contribution in [0.1, 0.15) is 341 Å². The Hall–Kier alpha value is -1.73. The number of ether oxygens (including phenoxy) is 6. The van der Waals surface area contributed by atoms with E-state index in [0.29, 0.717) is 12.8 Å². The maximum Gasteiger partial charge on any atom is 0.220 e. The standard InChI is InChI=1S/C79H149NO18/c1-3-5-7-9-11-13-15-17-19-21-23-24-25-26-27-28-29-30-31-32-33-34-35-36-37-38-39-41-43-45-47-49-51-53-55-57-67(85)80-62(63(84)56-54-52-50-48-46-44-42-40-22-20-18-16-14-12-10-8-6-4-2)61-93-77-73(91)70(88)75(65(59-82)95-77)98-79-74(92)71(89)76(66(60-83)96-79)97-78-72(90)69(87)68(86)64(58-81)94-78/h15,17,21,23,62-66,68-79,81-84,86-92H,3-14,16,18-20,22,24-61H2,1-2H3,(H,80,85)/b17-15-,23-21-. The number of allylic oxidation sites excluding steroid dienone is 4. The Morgan fingerprint density at radius 2 is 0.673 bits per heavy atom. The molecule has 19 heteroatoms. The Morgan fingerprint density at radius 3 is 1.04 bits per heavy atom. The van der Waals surface area contributed by atoms with E-state index in [0.717, 1.165) is 51.4 Å². The summed E-state index contributed by atoms with van der Waals surface area (Å²) in [7, 11) is 0. The lowest BCUT2D eigenvalue weighted by atomic mass is 9.96. The van der Waals surface area contributed by atoms with Crippen LogP contribution in [0.15, 0.2) is 24.3 Å². The molecule has 3 aliphatic heterocycles. The van der Waals surface area contributed by atoms with Crippen LogP contribution in [0.5, 0.6) is 0 Å². The number of rotatable bonds is 65. The smallest absolute Gasteiger partial charge is 0.220 e. The lowest BCUT2D eigenvalue weighted by Crippen LogP contribution is -2.66. The maximum atomic E-state index is 13.5. The first-order valence-corrected chi connectivity index (χ1v) is 40.6. The molecule has 3 heterocycles. The van der Waals surface area contributed by atoms with Crippen LogP contribution in [0, 0.1) is 0 Å². The van der Waals surface area contributed by atoms with Crippen LogP contribution in [-0.4, -0.2) is 193 Å². The van der Waals surface area contributed by atoms with E-state index in [1.54, 1.807) is 0 Å². The largest absolute Gasteiger partial charge is 0.394 e. The molecule has 19 nitrogen and oxygen atoms in total. The summed E-state index contributed by atoms with van der Waals surface area (Å²) in [4.78, 5) is 13.5. The maximum absolute atomic E-state index is 13.5. The van der Waals surface area contributed by atoms with Crippen LogP contribution in [0.2, 0.25) is 0 Å². The number of aliphatic hydroxyl groups excluding tert-OH is 11. The third-order valence-corrected chi connectivity index (χ3v) is 20.5. The van der Waals surface area contributed by atoms with Gasteiger partial charge in [0.25, 0.3) is 0 Å². The summed E-state index contributed by atoms with van der Waals surface area (Å²) >= 11 is 0. The second kappa shape index (κ2) is 60.5. The molecule has 3 saturated heterocycles. The Kier molecular flexibility index (Phi) is 55.9. The lowest BCUT2D eigenvalue weighted by Gasteiger charge is -2.48. The third kappa shape index (κ3) is 40.5. The highest BCUT2D eigenvalue weighted by atomic mass is 16.8. The number of hydrogen-bond donors (Lipinski definition) is 12. The van der Waals surface area contributed by atoms with Crippen molar-refractivity contribution in [3.63, 3.8) is 0 Å². The van der Waals surface area contributed by atoms with Gasteiger partial charge in [-0.05, 0) is 44.9 Å². The van der Waals surface area contributed by atoms with Crippen LogP contribution >= 0.6 is 0 Å². The van der Waals surface area contributed by atoms with Gasteiger partial charge in [-0.25, -0.2) is 0 Å². The molecule has 0 radical (unpaired) electrons. The van der Waals surface area contributed by atoms with Gasteiger partial charge in [-0.1, -0.05) is 314 Å². The summed E-state index contributed by atoms with van der Waals surface area (Å²) in [6, 6.07) is -0.885. The summed E-state index contributed by atoms with van der Waals surface area (Å²) in [6.45, 7) is 1.84. The van der Waals surface area contributed by atoms with Gasteiger partial charge in [0.05, 0.1) is 38.6 Å². The molecule has 1 amide bonds. The van der Waals surface area contributed by atoms with Gasteiger partial charge in [0.15, 0.2) is 18.9 Å². The van der Waals surface area contributed by atoms with E-state index in [9.17, 15) is 61.0 Å². The third-order valence-electron chi connectivity index (χ3n) is 20.5. The monoisotopic (exact) mass is 1400 g/mol. The number of nitrogens with one attached hydrogen (secondary N) is 1. The lowest BCUT2D eigenvalue weighted by molar-refractivity contribution is -0.379. The Balaban J connectivity index is 1.32. The van der Waals surface area contributed by atoms with E-state index in [2.05, 4.69) is 43.5 Å². The van der Waals surface area contributed by atoms with Crippen LogP contribution in [0.4, 0.5) is 0 Å². The van der Waals surface area contributed by atoms with Gasteiger partial charge in [-0.15, -0.1) is 0 Å².